The summed E-state index contributed by atoms with van der Waals surface area (Å²) in [6.07, 6.45) is 3.93. The van der Waals surface area contributed by atoms with Crippen LogP contribution in [0.1, 0.15) is 33.7 Å². The summed E-state index contributed by atoms with van der Waals surface area (Å²) in [4.78, 5) is 32.9. The van der Waals surface area contributed by atoms with Crippen LogP contribution in [0.25, 0.3) is 0 Å². The molecule has 1 aliphatic heterocycles. The second-order valence-corrected chi connectivity index (χ2v) is 7.28. The smallest absolute Gasteiger partial charge is 0.291 e. The molecule has 7 nitrogen and oxygen atoms in total. The van der Waals surface area contributed by atoms with Gasteiger partial charge in [0.05, 0.1) is 12.0 Å². The first-order chi connectivity index (χ1) is 14.5. The number of nitrogens with zero attached hydrogens (tertiary/aromatic N) is 2. The molecular weight excluding hydrogens is 406 g/mol. The van der Waals surface area contributed by atoms with Crippen molar-refractivity contribution in [3.8, 4) is 0 Å². The van der Waals surface area contributed by atoms with Gasteiger partial charge in [-0.25, -0.2) is 9.98 Å². The van der Waals surface area contributed by atoms with Gasteiger partial charge < -0.3 is 14.8 Å². The van der Waals surface area contributed by atoms with Gasteiger partial charge in [0.2, 0.25) is 0 Å². The van der Waals surface area contributed by atoms with Crippen molar-refractivity contribution in [1.29, 1.82) is 0 Å². The average Bonchev–Trinajstić information content (AvgIpc) is 3.39. The van der Waals surface area contributed by atoms with Gasteiger partial charge in [-0.1, -0.05) is 11.6 Å². The van der Waals surface area contributed by atoms with Gasteiger partial charge in [-0.15, -0.1) is 0 Å². The van der Waals surface area contributed by atoms with Crippen molar-refractivity contribution >= 4 is 40.5 Å². The van der Waals surface area contributed by atoms with E-state index in [1.54, 1.807) is 36.5 Å². The van der Waals surface area contributed by atoms with Crippen LogP contribution in [0.4, 0.5) is 11.5 Å². The molecule has 2 aromatic heterocycles. The van der Waals surface area contributed by atoms with Crippen molar-refractivity contribution in [2.75, 3.05) is 11.9 Å². The number of rotatable bonds is 7. The number of aromatic nitrogens is 1. The number of benzene rings is 1. The van der Waals surface area contributed by atoms with E-state index in [-0.39, 0.29) is 36.9 Å². The molecular formula is C22H18ClN3O4. The molecule has 0 bridgehead atoms. The van der Waals surface area contributed by atoms with E-state index in [1.807, 2.05) is 6.07 Å². The highest BCUT2D eigenvalue weighted by atomic mass is 35.5. The van der Waals surface area contributed by atoms with E-state index in [9.17, 15) is 9.59 Å². The van der Waals surface area contributed by atoms with Crippen molar-refractivity contribution in [2.45, 2.75) is 19.3 Å². The number of carbonyl (C=O) groups excluding carboxylic acids is 2. The molecule has 2 N–H and O–H groups in total. The van der Waals surface area contributed by atoms with Crippen LogP contribution >= 0.6 is 11.6 Å². The second-order valence-electron chi connectivity index (χ2n) is 6.88. The van der Waals surface area contributed by atoms with Crippen LogP contribution in [0.15, 0.2) is 58.3 Å². The molecule has 3 aromatic rings. The number of amides is 1. The molecule has 0 atom stereocenters. The maximum absolute atomic E-state index is 12.2. The molecule has 1 aromatic carbocycles. The number of hydrogen-bond acceptors (Lipinski definition) is 6. The Balaban J connectivity index is 1.52. The van der Waals surface area contributed by atoms with E-state index >= 15 is 0 Å². The number of pyridine rings is 1. The summed E-state index contributed by atoms with van der Waals surface area (Å²) in [5.41, 5.74) is 3.69. The topological polar surface area (TPSA) is 105 Å². The Labute approximate surface area is 177 Å². The first-order valence-corrected chi connectivity index (χ1v) is 9.74. The van der Waals surface area contributed by atoms with Crippen molar-refractivity contribution in [1.82, 2.24) is 4.98 Å². The number of anilines is 1. The fourth-order valence-corrected chi connectivity index (χ4v) is 3.48. The van der Waals surface area contributed by atoms with Gasteiger partial charge >= 0.3 is 0 Å². The largest absolute Gasteiger partial charge is 0.459 e. The Hall–Kier alpha value is -3.29. The molecule has 8 heteroatoms. The van der Waals surface area contributed by atoms with Gasteiger partial charge in [0.15, 0.2) is 11.6 Å². The zero-order valence-corrected chi connectivity index (χ0v) is 16.6. The number of fused-ring (bicyclic) bond motifs is 1. The number of aliphatic hydroxyl groups is 1. The van der Waals surface area contributed by atoms with Crippen LogP contribution in [-0.2, 0) is 17.6 Å². The number of hydrogen-bond donors (Lipinski definition) is 2. The zero-order chi connectivity index (χ0) is 21.1. The molecule has 1 aliphatic rings. The molecule has 0 radical (unpaired) electrons. The van der Waals surface area contributed by atoms with Crippen LogP contribution in [0, 0.1) is 0 Å². The highest BCUT2D eigenvalue weighted by Gasteiger charge is 2.21. The van der Waals surface area contributed by atoms with Crippen molar-refractivity contribution in [3.05, 3.63) is 76.3 Å². The third-order valence-electron chi connectivity index (χ3n) is 4.67. The fraction of sp³-hybridized carbons (Fsp3) is 0.182. The SMILES string of the molecule is O=C(CCO)Cc1cnc2c(c1)CC(c1cc(NC(=O)c3ccco3)ccc1Cl)=N2. The van der Waals surface area contributed by atoms with Gasteiger partial charge in [-0.05, 0) is 42.0 Å². The fourth-order valence-electron chi connectivity index (χ4n) is 3.25. The Kier molecular flexibility index (Phi) is 5.74. The standard InChI is InChI=1S/C22H18ClN3O4/c23-18-4-3-15(25-22(29)20-2-1-7-30-20)11-17(18)19-10-14-8-13(9-16(28)5-6-27)12-24-21(14)26-19/h1-4,7-8,11-12,27H,5-6,9-10H2,(H,25,29). The summed E-state index contributed by atoms with van der Waals surface area (Å²) >= 11 is 6.39. The number of carbonyl (C=O) groups is 2. The molecule has 0 unspecified atom stereocenters. The molecule has 0 saturated carbocycles. The minimum Gasteiger partial charge on any atom is -0.459 e. The summed E-state index contributed by atoms with van der Waals surface area (Å²) < 4.78 is 5.11. The van der Waals surface area contributed by atoms with Crippen molar-refractivity contribution < 1.29 is 19.1 Å². The van der Waals surface area contributed by atoms with Crippen LogP contribution in [0.3, 0.4) is 0 Å². The average molecular weight is 424 g/mol. The van der Waals surface area contributed by atoms with Crippen LogP contribution in [0.2, 0.25) is 5.02 Å². The predicted octanol–water partition coefficient (Wildman–Crippen LogP) is 3.75. The van der Waals surface area contributed by atoms with Crippen LogP contribution in [-0.4, -0.2) is 34.1 Å². The Morgan fingerprint density at radius 3 is 2.87 bits per heavy atom. The normalized spacial score (nSPS) is 12.4. The van der Waals surface area contributed by atoms with E-state index in [4.69, 9.17) is 21.1 Å². The highest BCUT2D eigenvalue weighted by Crippen LogP contribution is 2.31. The van der Waals surface area contributed by atoms with Crippen molar-refractivity contribution in [3.63, 3.8) is 0 Å². The molecule has 30 heavy (non-hydrogen) atoms. The Morgan fingerprint density at radius 1 is 1.23 bits per heavy atom. The molecule has 1 amide bonds. The van der Waals surface area contributed by atoms with E-state index in [0.717, 1.165) is 16.8 Å². The van der Waals surface area contributed by atoms with E-state index in [1.165, 1.54) is 6.26 Å². The highest BCUT2D eigenvalue weighted by molar-refractivity contribution is 6.34. The predicted molar refractivity (Wildman–Crippen MR) is 113 cm³/mol. The summed E-state index contributed by atoms with van der Waals surface area (Å²) in [5, 5.41) is 12.2. The van der Waals surface area contributed by atoms with Crippen LogP contribution in [0.5, 0.6) is 0 Å². The molecule has 0 fully saturated rings. The minimum atomic E-state index is -0.358. The molecule has 0 spiro atoms. The summed E-state index contributed by atoms with van der Waals surface area (Å²) in [6.45, 7) is -0.157. The van der Waals surface area contributed by atoms with Crippen molar-refractivity contribution in [2.24, 2.45) is 4.99 Å². The number of halogens is 1. The summed E-state index contributed by atoms with van der Waals surface area (Å²) in [7, 11) is 0. The second kappa shape index (κ2) is 8.61. The maximum atomic E-state index is 12.2. The quantitative estimate of drug-likeness (QED) is 0.602. The molecule has 4 rings (SSSR count). The Bertz CT molecular complexity index is 1140. The molecule has 0 aliphatic carbocycles. The maximum Gasteiger partial charge on any atom is 0.291 e. The number of furan rings is 1. The van der Waals surface area contributed by atoms with E-state index in [0.29, 0.717) is 28.5 Å². The van der Waals surface area contributed by atoms with Gasteiger partial charge in [0, 0.05) is 53.9 Å². The first kappa shape index (κ1) is 20.0. The third-order valence-corrected chi connectivity index (χ3v) is 5.00. The number of nitrogens with one attached hydrogen (secondary N) is 1. The number of Topliss-reactive ketones (excluding diaryl/α,β-unsaturated/α-hetero) is 1. The lowest BCUT2D eigenvalue weighted by molar-refractivity contribution is -0.119. The van der Waals surface area contributed by atoms with Gasteiger partial charge in [-0.2, -0.15) is 0 Å². The molecule has 3 heterocycles. The number of aliphatic imine (C=N–C) groups is 1. The minimum absolute atomic E-state index is 0.0403. The molecule has 152 valence electrons. The number of aliphatic hydroxyl groups excluding tert-OH is 1. The summed E-state index contributed by atoms with van der Waals surface area (Å²) in [5.74, 6) is 0.402. The van der Waals surface area contributed by atoms with E-state index < -0.39 is 0 Å². The first-order valence-electron chi connectivity index (χ1n) is 9.36. The van der Waals surface area contributed by atoms with Gasteiger partial charge in [-0.3, -0.25) is 9.59 Å². The monoisotopic (exact) mass is 423 g/mol. The third kappa shape index (κ3) is 4.32. The van der Waals surface area contributed by atoms with Gasteiger partial charge in [0.1, 0.15) is 5.78 Å². The van der Waals surface area contributed by atoms with Gasteiger partial charge in [0.25, 0.3) is 5.91 Å². The zero-order valence-electron chi connectivity index (χ0n) is 15.9. The Morgan fingerprint density at radius 2 is 2.10 bits per heavy atom. The lowest BCUT2D eigenvalue weighted by Crippen LogP contribution is -2.12. The number of ketones is 1. The lowest BCUT2D eigenvalue weighted by atomic mass is 10.0. The molecule has 0 saturated heterocycles. The van der Waals surface area contributed by atoms with Crippen LogP contribution < -0.4 is 5.32 Å². The lowest BCUT2D eigenvalue weighted by Gasteiger charge is -2.08. The van der Waals surface area contributed by atoms with E-state index in [2.05, 4.69) is 15.3 Å². The summed E-state index contributed by atoms with van der Waals surface area (Å²) in [6, 6.07) is 10.3.